The van der Waals surface area contributed by atoms with E-state index in [0.29, 0.717) is 25.8 Å². The number of nitrogens with zero attached hydrogens (tertiary/aromatic N) is 4. The maximum Gasteiger partial charge on any atom is 0.341 e. The van der Waals surface area contributed by atoms with Crippen LogP contribution in [0.1, 0.15) is 35.2 Å². The summed E-state index contributed by atoms with van der Waals surface area (Å²) in [5.74, 6) is 0.727. The zero-order chi connectivity index (χ0) is 17.7. The Bertz CT molecular complexity index is 784. The predicted octanol–water partition coefficient (Wildman–Crippen LogP) is 0.332. The van der Waals surface area contributed by atoms with Gasteiger partial charge in [0.25, 0.3) is 5.56 Å². The van der Waals surface area contributed by atoms with Crippen molar-refractivity contribution in [3.05, 3.63) is 27.7 Å². The highest BCUT2D eigenvalue weighted by atomic mass is 16.4. The molecule has 9 heteroatoms. The van der Waals surface area contributed by atoms with Crippen LogP contribution in [0.2, 0.25) is 0 Å². The minimum Gasteiger partial charge on any atom is -0.477 e. The third-order valence-corrected chi connectivity index (χ3v) is 3.64. The molecule has 1 aromatic rings. The average molecular weight is 331 g/mol. The second-order valence-electron chi connectivity index (χ2n) is 5.46. The van der Waals surface area contributed by atoms with Crippen LogP contribution in [0.5, 0.6) is 0 Å². The first kappa shape index (κ1) is 17.3. The Morgan fingerprint density at radius 1 is 1.42 bits per heavy atom. The molecule has 0 saturated heterocycles. The number of amides is 1. The van der Waals surface area contributed by atoms with E-state index >= 15 is 0 Å². The van der Waals surface area contributed by atoms with Gasteiger partial charge in [-0.1, -0.05) is 0 Å². The molecular weight excluding hydrogens is 314 g/mol. The Kier molecular flexibility index (Phi) is 5.08. The molecule has 0 bridgehead atoms. The summed E-state index contributed by atoms with van der Waals surface area (Å²) in [6.45, 7) is 1.44. The van der Waals surface area contributed by atoms with Crippen molar-refractivity contribution in [3.8, 4) is 12.3 Å². The SMILES string of the molecule is C#CCCC1(CCNC(=O)Cn2ncc(C)c(C(=O)O)c2=O)N=N1. The van der Waals surface area contributed by atoms with Gasteiger partial charge in [0.15, 0.2) is 5.66 Å². The van der Waals surface area contributed by atoms with E-state index in [1.807, 2.05) is 0 Å². The van der Waals surface area contributed by atoms with Crippen LogP contribution in [0.4, 0.5) is 0 Å². The van der Waals surface area contributed by atoms with Crippen molar-refractivity contribution in [2.75, 3.05) is 6.54 Å². The van der Waals surface area contributed by atoms with Gasteiger partial charge < -0.3 is 10.4 Å². The second kappa shape index (κ2) is 7.04. The smallest absolute Gasteiger partial charge is 0.341 e. The summed E-state index contributed by atoms with van der Waals surface area (Å²) in [5, 5.41) is 23.4. The lowest BCUT2D eigenvalue weighted by Crippen LogP contribution is -2.37. The Balaban J connectivity index is 1.90. The number of aryl methyl sites for hydroxylation is 1. The van der Waals surface area contributed by atoms with Gasteiger partial charge in [-0.3, -0.25) is 9.59 Å². The van der Waals surface area contributed by atoms with Crippen molar-refractivity contribution in [1.82, 2.24) is 15.1 Å². The van der Waals surface area contributed by atoms with Crippen LogP contribution < -0.4 is 10.9 Å². The lowest BCUT2D eigenvalue weighted by Gasteiger charge is -2.11. The van der Waals surface area contributed by atoms with Gasteiger partial charge in [-0.2, -0.15) is 15.3 Å². The lowest BCUT2D eigenvalue weighted by molar-refractivity contribution is -0.121. The van der Waals surface area contributed by atoms with E-state index in [4.69, 9.17) is 11.5 Å². The van der Waals surface area contributed by atoms with Gasteiger partial charge >= 0.3 is 5.97 Å². The highest BCUT2D eigenvalue weighted by Gasteiger charge is 2.38. The molecule has 1 amide bonds. The molecule has 0 radical (unpaired) electrons. The van der Waals surface area contributed by atoms with Gasteiger partial charge in [0, 0.05) is 25.8 Å². The molecule has 2 N–H and O–H groups in total. The van der Waals surface area contributed by atoms with E-state index in [2.05, 4.69) is 26.6 Å². The zero-order valence-electron chi connectivity index (χ0n) is 13.2. The van der Waals surface area contributed by atoms with E-state index in [1.165, 1.54) is 13.1 Å². The molecule has 0 fully saturated rings. The molecule has 126 valence electrons. The topological polar surface area (TPSA) is 126 Å². The van der Waals surface area contributed by atoms with E-state index < -0.39 is 23.1 Å². The first-order chi connectivity index (χ1) is 11.4. The monoisotopic (exact) mass is 331 g/mol. The molecule has 2 rings (SSSR count). The molecule has 0 aliphatic carbocycles. The maximum absolute atomic E-state index is 12.0. The van der Waals surface area contributed by atoms with E-state index in [-0.39, 0.29) is 17.7 Å². The molecule has 0 spiro atoms. The molecule has 0 saturated carbocycles. The van der Waals surface area contributed by atoms with Gasteiger partial charge in [0.05, 0.1) is 6.20 Å². The molecule has 9 nitrogen and oxygen atoms in total. The quantitative estimate of drug-likeness (QED) is 0.664. The van der Waals surface area contributed by atoms with Gasteiger partial charge in [-0.25, -0.2) is 9.48 Å². The summed E-state index contributed by atoms with van der Waals surface area (Å²) in [7, 11) is 0. The fourth-order valence-corrected chi connectivity index (χ4v) is 2.21. The molecule has 0 aromatic carbocycles. The normalized spacial score (nSPS) is 14.0. The van der Waals surface area contributed by atoms with Crippen LogP contribution in [-0.2, 0) is 11.3 Å². The number of rotatable bonds is 8. The average Bonchev–Trinajstić information content (AvgIpc) is 3.28. The minimum atomic E-state index is -1.35. The third-order valence-electron chi connectivity index (χ3n) is 3.64. The van der Waals surface area contributed by atoms with Crippen molar-refractivity contribution >= 4 is 11.9 Å². The largest absolute Gasteiger partial charge is 0.477 e. The van der Waals surface area contributed by atoms with Crippen molar-refractivity contribution in [1.29, 1.82) is 0 Å². The van der Waals surface area contributed by atoms with Crippen LogP contribution in [0.3, 0.4) is 0 Å². The molecule has 0 unspecified atom stereocenters. The van der Waals surface area contributed by atoms with E-state index in [1.54, 1.807) is 0 Å². The zero-order valence-corrected chi connectivity index (χ0v) is 13.2. The molecule has 0 atom stereocenters. The van der Waals surface area contributed by atoms with E-state index in [9.17, 15) is 14.4 Å². The summed E-state index contributed by atoms with van der Waals surface area (Å²) in [6.07, 6.45) is 8.17. The molecule has 1 aliphatic heterocycles. The highest BCUT2D eigenvalue weighted by Crippen LogP contribution is 2.35. The fraction of sp³-hybridized carbons (Fsp3) is 0.467. The first-order valence-electron chi connectivity index (χ1n) is 7.33. The summed E-state index contributed by atoms with van der Waals surface area (Å²) < 4.78 is 0.825. The molecular formula is C15H17N5O4. The lowest BCUT2D eigenvalue weighted by atomic mass is 10.0. The van der Waals surface area contributed by atoms with Crippen LogP contribution in [-0.4, -0.2) is 39.0 Å². The van der Waals surface area contributed by atoms with Crippen LogP contribution in [0.15, 0.2) is 21.2 Å². The van der Waals surface area contributed by atoms with Crippen molar-refractivity contribution in [2.45, 2.75) is 38.4 Å². The second-order valence-corrected chi connectivity index (χ2v) is 5.46. The Morgan fingerprint density at radius 2 is 2.12 bits per heavy atom. The highest BCUT2D eigenvalue weighted by molar-refractivity contribution is 5.88. The Morgan fingerprint density at radius 3 is 2.71 bits per heavy atom. The van der Waals surface area contributed by atoms with Crippen molar-refractivity contribution in [3.63, 3.8) is 0 Å². The summed E-state index contributed by atoms with van der Waals surface area (Å²) in [4.78, 5) is 35.0. The predicted molar refractivity (Wildman–Crippen MR) is 83.5 cm³/mol. The van der Waals surface area contributed by atoms with Gasteiger partial charge in [-0.05, 0) is 12.5 Å². The minimum absolute atomic E-state index is 0.247. The molecule has 24 heavy (non-hydrogen) atoms. The standard InChI is InChI=1S/C15H17N5O4/c1-3-4-5-15(18-19-15)6-7-16-11(21)9-20-13(22)12(14(23)24)10(2)8-17-20/h1,8H,4-7,9H2,2H3,(H,16,21)(H,23,24). The van der Waals surface area contributed by atoms with Gasteiger partial charge in [-0.15, -0.1) is 12.3 Å². The summed E-state index contributed by atoms with van der Waals surface area (Å²) >= 11 is 0. The van der Waals surface area contributed by atoms with Crippen LogP contribution >= 0.6 is 0 Å². The summed E-state index contributed by atoms with van der Waals surface area (Å²) in [6, 6.07) is 0. The van der Waals surface area contributed by atoms with Crippen molar-refractivity contribution < 1.29 is 14.7 Å². The number of carbonyl (C=O) groups is 2. The van der Waals surface area contributed by atoms with Gasteiger partial charge in [0.1, 0.15) is 12.1 Å². The third kappa shape index (κ3) is 4.04. The summed E-state index contributed by atoms with van der Waals surface area (Å²) in [5.41, 5.74) is -1.44. The van der Waals surface area contributed by atoms with Gasteiger partial charge in [0.2, 0.25) is 5.91 Å². The fourth-order valence-electron chi connectivity index (χ4n) is 2.21. The number of nitrogens with one attached hydrogen (secondary N) is 1. The number of aromatic carboxylic acids is 1. The number of terminal acetylenes is 1. The number of carboxylic acids is 1. The molecule has 2 heterocycles. The van der Waals surface area contributed by atoms with E-state index in [0.717, 1.165) is 4.68 Å². The van der Waals surface area contributed by atoms with Crippen LogP contribution in [0, 0.1) is 19.3 Å². The Labute approximate surface area is 137 Å². The number of hydrogen-bond donors (Lipinski definition) is 2. The number of carboxylic acid groups (broad SMARTS) is 1. The first-order valence-corrected chi connectivity index (χ1v) is 7.33. The van der Waals surface area contributed by atoms with Crippen molar-refractivity contribution in [2.24, 2.45) is 10.2 Å². The molecule has 1 aromatic heterocycles. The number of hydrogen-bond acceptors (Lipinski definition) is 6. The number of aromatic nitrogens is 2. The van der Waals surface area contributed by atoms with Crippen LogP contribution in [0.25, 0.3) is 0 Å². The Hall–Kier alpha value is -3.02. The maximum atomic E-state index is 12.0. The number of carbonyl (C=O) groups excluding carboxylic acids is 1. The molecule has 1 aliphatic rings.